The molecule has 0 bridgehead atoms. The number of nitriles is 1. The van der Waals surface area contributed by atoms with E-state index >= 15 is 0 Å². The smallest absolute Gasteiger partial charge is 0.0991 e. The molecule has 0 fully saturated rings. The summed E-state index contributed by atoms with van der Waals surface area (Å²) in [5, 5.41) is 8.54. The highest BCUT2D eigenvalue weighted by Crippen LogP contribution is 2.13. The van der Waals surface area contributed by atoms with Gasteiger partial charge in [-0.25, -0.2) is 0 Å². The molecule has 1 rings (SSSR count). The van der Waals surface area contributed by atoms with Crippen LogP contribution in [0.15, 0.2) is 18.2 Å². The van der Waals surface area contributed by atoms with Crippen LogP contribution in [0.5, 0.6) is 0 Å². The lowest BCUT2D eigenvalue weighted by molar-refractivity contribution is 1.06. The first kappa shape index (κ1) is 8.50. The molecule has 2 N–H and O–H groups in total. The summed E-state index contributed by atoms with van der Waals surface area (Å²) in [6.07, 6.45) is 0. The fourth-order valence-electron chi connectivity index (χ4n) is 0.782. The maximum atomic E-state index is 8.54. The molecule has 0 aliphatic carbocycles. The van der Waals surface area contributed by atoms with Gasteiger partial charge in [0, 0.05) is 10.1 Å². The number of nitrogens with two attached hydrogens (primary N) is 1. The Morgan fingerprint density at radius 1 is 1.55 bits per heavy atom. The van der Waals surface area contributed by atoms with E-state index in [1.807, 2.05) is 12.1 Å². The zero-order chi connectivity index (χ0) is 8.27. The van der Waals surface area contributed by atoms with E-state index in [1.165, 1.54) is 0 Å². The molecule has 3 heteroatoms. The molecule has 0 aliphatic heterocycles. The van der Waals surface area contributed by atoms with Gasteiger partial charge < -0.3 is 5.73 Å². The van der Waals surface area contributed by atoms with Crippen molar-refractivity contribution in [3.05, 3.63) is 32.9 Å². The van der Waals surface area contributed by atoms with E-state index in [0.29, 0.717) is 12.1 Å². The van der Waals surface area contributed by atoms with Crippen LogP contribution in [0.2, 0.25) is 0 Å². The molecular weight excluding hydrogens is 251 g/mol. The molecule has 0 aromatic heterocycles. The van der Waals surface area contributed by atoms with Crippen molar-refractivity contribution in [3.8, 4) is 6.07 Å². The quantitative estimate of drug-likeness (QED) is 0.778. The minimum Gasteiger partial charge on any atom is -0.326 e. The third-order valence-corrected chi connectivity index (χ3v) is 2.41. The van der Waals surface area contributed by atoms with Crippen molar-refractivity contribution in [3.63, 3.8) is 0 Å². The summed E-state index contributed by atoms with van der Waals surface area (Å²) in [6.45, 7) is 0.532. The van der Waals surface area contributed by atoms with Crippen molar-refractivity contribution >= 4 is 22.6 Å². The highest BCUT2D eigenvalue weighted by molar-refractivity contribution is 14.1. The molecule has 1 aromatic rings. The van der Waals surface area contributed by atoms with Crippen LogP contribution in [0, 0.1) is 14.9 Å². The molecule has 0 saturated heterocycles. The Hall–Kier alpha value is -0.600. The monoisotopic (exact) mass is 258 g/mol. The average molecular weight is 258 g/mol. The van der Waals surface area contributed by atoms with E-state index in [0.717, 1.165) is 9.13 Å². The first-order chi connectivity index (χ1) is 5.27. The topological polar surface area (TPSA) is 49.8 Å². The Morgan fingerprint density at radius 2 is 2.27 bits per heavy atom. The van der Waals surface area contributed by atoms with Gasteiger partial charge in [-0.3, -0.25) is 0 Å². The van der Waals surface area contributed by atoms with Crippen LogP contribution in [-0.2, 0) is 6.54 Å². The normalized spacial score (nSPS) is 9.18. The van der Waals surface area contributed by atoms with Crippen molar-refractivity contribution in [2.75, 3.05) is 0 Å². The SMILES string of the molecule is N#Cc1ccc(CN)c(I)c1. The summed E-state index contributed by atoms with van der Waals surface area (Å²) in [5.74, 6) is 0. The van der Waals surface area contributed by atoms with Gasteiger partial charge in [0.25, 0.3) is 0 Å². The van der Waals surface area contributed by atoms with E-state index in [1.54, 1.807) is 6.07 Å². The summed E-state index contributed by atoms with van der Waals surface area (Å²) in [7, 11) is 0. The predicted octanol–water partition coefficient (Wildman–Crippen LogP) is 1.62. The van der Waals surface area contributed by atoms with Crippen LogP contribution in [0.3, 0.4) is 0 Å². The Balaban J connectivity index is 3.12. The molecule has 11 heavy (non-hydrogen) atoms. The van der Waals surface area contributed by atoms with E-state index in [2.05, 4.69) is 28.7 Å². The van der Waals surface area contributed by atoms with Crippen molar-refractivity contribution in [1.29, 1.82) is 5.26 Å². The van der Waals surface area contributed by atoms with Crippen molar-refractivity contribution < 1.29 is 0 Å². The van der Waals surface area contributed by atoms with Crippen LogP contribution in [0.1, 0.15) is 11.1 Å². The van der Waals surface area contributed by atoms with Crippen molar-refractivity contribution in [2.24, 2.45) is 5.73 Å². The molecular formula is C8H7IN2. The summed E-state index contributed by atoms with van der Waals surface area (Å²) < 4.78 is 1.06. The van der Waals surface area contributed by atoms with E-state index < -0.39 is 0 Å². The highest BCUT2D eigenvalue weighted by atomic mass is 127. The molecule has 0 saturated carbocycles. The Labute approximate surface area is 79.2 Å². The molecule has 0 heterocycles. The number of rotatable bonds is 1. The van der Waals surface area contributed by atoms with Crippen molar-refractivity contribution in [1.82, 2.24) is 0 Å². The van der Waals surface area contributed by atoms with E-state index in [9.17, 15) is 0 Å². The van der Waals surface area contributed by atoms with E-state index in [4.69, 9.17) is 11.0 Å². The molecule has 0 amide bonds. The fourth-order valence-corrected chi connectivity index (χ4v) is 1.52. The third kappa shape index (κ3) is 1.91. The second-order valence-electron chi connectivity index (χ2n) is 2.12. The van der Waals surface area contributed by atoms with Crippen LogP contribution < -0.4 is 5.73 Å². The maximum Gasteiger partial charge on any atom is 0.0991 e. The number of halogens is 1. The standard InChI is InChI=1S/C8H7IN2/c9-8-3-6(4-10)1-2-7(8)5-11/h1-3H,5,11H2. The summed E-state index contributed by atoms with van der Waals surface area (Å²) in [4.78, 5) is 0. The molecule has 56 valence electrons. The van der Waals surface area contributed by atoms with Gasteiger partial charge in [-0.1, -0.05) is 6.07 Å². The van der Waals surface area contributed by atoms with Crippen LogP contribution in [0.4, 0.5) is 0 Å². The largest absolute Gasteiger partial charge is 0.326 e. The lowest BCUT2D eigenvalue weighted by Gasteiger charge is -1.99. The zero-order valence-electron chi connectivity index (χ0n) is 5.84. The lowest BCUT2D eigenvalue weighted by atomic mass is 10.1. The summed E-state index contributed by atoms with van der Waals surface area (Å²) in [6, 6.07) is 7.58. The molecule has 0 aliphatic rings. The first-order valence-electron chi connectivity index (χ1n) is 3.16. The Kier molecular flexibility index (Phi) is 2.85. The van der Waals surface area contributed by atoms with Crippen LogP contribution >= 0.6 is 22.6 Å². The van der Waals surface area contributed by atoms with Gasteiger partial charge in [0.1, 0.15) is 0 Å². The van der Waals surface area contributed by atoms with Gasteiger partial charge in [0.2, 0.25) is 0 Å². The number of benzene rings is 1. The number of hydrogen-bond donors (Lipinski definition) is 1. The molecule has 2 nitrogen and oxygen atoms in total. The minimum atomic E-state index is 0.532. The zero-order valence-corrected chi connectivity index (χ0v) is 8.00. The van der Waals surface area contributed by atoms with Gasteiger partial charge in [-0.05, 0) is 40.3 Å². The van der Waals surface area contributed by atoms with Gasteiger partial charge in [0.15, 0.2) is 0 Å². The minimum absolute atomic E-state index is 0.532. The first-order valence-corrected chi connectivity index (χ1v) is 4.24. The number of hydrogen-bond acceptors (Lipinski definition) is 2. The molecule has 0 atom stereocenters. The van der Waals surface area contributed by atoms with E-state index in [-0.39, 0.29) is 0 Å². The molecule has 0 radical (unpaired) electrons. The van der Waals surface area contributed by atoms with Crippen LogP contribution in [-0.4, -0.2) is 0 Å². The average Bonchev–Trinajstić information content (AvgIpc) is 2.04. The summed E-state index contributed by atoms with van der Waals surface area (Å²) >= 11 is 2.18. The summed E-state index contributed by atoms with van der Waals surface area (Å²) in [5.41, 5.74) is 7.23. The van der Waals surface area contributed by atoms with Crippen LogP contribution in [0.25, 0.3) is 0 Å². The second kappa shape index (κ2) is 3.69. The second-order valence-corrected chi connectivity index (χ2v) is 3.28. The highest BCUT2D eigenvalue weighted by Gasteiger charge is 1.97. The Bertz CT molecular complexity index is 301. The van der Waals surface area contributed by atoms with Gasteiger partial charge in [-0.15, -0.1) is 0 Å². The predicted molar refractivity (Wildman–Crippen MR) is 51.8 cm³/mol. The van der Waals surface area contributed by atoms with Gasteiger partial charge >= 0.3 is 0 Å². The van der Waals surface area contributed by atoms with Crippen molar-refractivity contribution in [2.45, 2.75) is 6.54 Å². The fraction of sp³-hybridized carbons (Fsp3) is 0.125. The lowest BCUT2D eigenvalue weighted by Crippen LogP contribution is -1.98. The molecule has 1 aromatic carbocycles. The van der Waals surface area contributed by atoms with Gasteiger partial charge in [-0.2, -0.15) is 5.26 Å². The van der Waals surface area contributed by atoms with Gasteiger partial charge in [0.05, 0.1) is 11.6 Å². The maximum absolute atomic E-state index is 8.54. The number of nitrogens with zero attached hydrogens (tertiary/aromatic N) is 1. The molecule has 0 unspecified atom stereocenters. The molecule has 0 spiro atoms. The third-order valence-electron chi connectivity index (χ3n) is 1.40. The Morgan fingerprint density at radius 3 is 2.73 bits per heavy atom.